The van der Waals surface area contributed by atoms with E-state index in [1.165, 1.54) is 4.90 Å². The fraction of sp³-hybridized carbons (Fsp3) is 0.818. The van der Waals surface area contributed by atoms with Crippen molar-refractivity contribution in [3.8, 4) is 6.07 Å². The van der Waals surface area contributed by atoms with Crippen LogP contribution in [0, 0.1) is 17.2 Å². The summed E-state index contributed by atoms with van der Waals surface area (Å²) in [7, 11) is 2.77. The molecule has 7 heteroatoms. The molecule has 2 atom stereocenters. The van der Waals surface area contributed by atoms with Gasteiger partial charge in [0, 0.05) is 40.7 Å². The summed E-state index contributed by atoms with van der Waals surface area (Å²) in [6.07, 6.45) is -0.940. The van der Waals surface area contributed by atoms with E-state index >= 15 is 0 Å². The van der Waals surface area contributed by atoms with Crippen LogP contribution in [-0.4, -0.2) is 36.3 Å². The van der Waals surface area contributed by atoms with Gasteiger partial charge < -0.3 is 9.64 Å². The molecule has 1 amide bonds. The van der Waals surface area contributed by atoms with Gasteiger partial charge in [-0.3, -0.25) is 4.18 Å². The second-order valence-corrected chi connectivity index (χ2v) is 6.44. The molecule has 0 radical (unpaired) electrons. The van der Waals surface area contributed by atoms with E-state index in [1.807, 2.05) is 48.9 Å². The van der Waals surface area contributed by atoms with Crippen molar-refractivity contribution in [2.45, 2.75) is 39.4 Å². The molecule has 0 aromatic rings. The van der Waals surface area contributed by atoms with E-state index < -0.39 is 17.8 Å². The van der Waals surface area contributed by atoms with E-state index in [2.05, 4.69) is 6.07 Å². The van der Waals surface area contributed by atoms with Crippen molar-refractivity contribution in [2.24, 2.45) is 5.92 Å². The highest BCUT2D eigenvalue weighted by Crippen LogP contribution is 2.20. The summed E-state index contributed by atoms with van der Waals surface area (Å²) in [5.41, 5.74) is -0.516. The Kier molecular flexibility index (Phi) is 7.98. The zero-order valence-electron chi connectivity index (χ0n) is 11.3. The average molecular weight is 386 g/mol. The summed E-state index contributed by atoms with van der Waals surface area (Å²) >= 11 is 1.96. The van der Waals surface area contributed by atoms with Crippen molar-refractivity contribution in [3.63, 3.8) is 0 Å². The minimum absolute atomic E-state index is 0.0882. The first-order valence-electron chi connectivity index (χ1n) is 5.49. The number of hydrogen-bond donors (Lipinski definition) is 0. The highest BCUT2D eigenvalue weighted by Gasteiger charge is 2.24. The van der Waals surface area contributed by atoms with Gasteiger partial charge in [0.15, 0.2) is 6.10 Å². The first-order valence-corrected chi connectivity index (χ1v) is 8.77. The van der Waals surface area contributed by atoms with Crippen LogP contribution in [0.3, 0.4) is 0 Å². The Labute approximate surface area is 125 Å². The summed E-state index contributed by atoms with van der Waals surface area (Å²) in [5, 5.41) is 8.94. The molecular formula is C11H19IN2O3S. The third kappa shape index (κ3) is 7.28. The number of rotatable bonds is 5. The van der Waals surface area contributed by atoms with Gasteiger partial charge in [-0.1, -0.05) is 6.92 Å². The van der Waals surface area contributed by atoms with Crippen LogP contribution in [0.15, 0.2) is 0 Å². The van der Waals surface area contributed by atoms with Crippen molar-refractivity contribution in [2.75, 3.05) is 13.6 Å². The van der Waals surface area contributed by atoms with Crippen LogP contribution in [0.5, 0.6) is 0 Å². The maximum absolute atomic E-state index is 11.7. The molecule has 104 valence electrons. The molecule has 2 unspecified atom stereocenters. The van der Waals surface area contributed by atoms with Crippen molar-refractivity contribution < 1.29 is 13.7 Å². The van der Waals surface area contributed by atoms with E-state index in [9.17, 15) is 4.79 Å². The number of carbonyl (C=O) groups is 1. The van der Waals surface area contributed by atoms with Gasteiger partial charge in [-0.05, 0) is 20.8 Å². The van der Waals surface area contributed by atoms with E-state index in [4.69, 9.17) is 14.2 Å². The van der Waals surface area contributed by atoms with Crippen molar-refractivity contribution in [1.82, 2.24) is 4.90 Å². The highest BCUT2D eigenvalue weighted by molar-refractivity contribution is 14.2. The lowest BCUT2D eigenvalue weighted by molar-refractivity contribution is 0.0255. The van der Waals surface area contributed by atoms with Gasteiger partial charge in [0.2, 0.25) is 0 Å². The van der Waals surface area contributed by atoms with Crippen molar-refractivity contribution in [3.05, 3.63) is 0 Å². The smallest absolute Gasteiger partial charge is 0.410 e. The number of halogens is 1. The number of ether oxygens (including phenoxy) is 1. The Morgan fingerprint density at radius 2 is 2.11 bits per heavy atom. The zero-order valence-corrected chi connectivity index (χ0v) is 14.2. The molecule has 0 N–H and O–H groups in total. The minimum atomic E-state index is -0.545. The number of nitrogens with zero attached hydrogens (tertiary/aromatic N) is 2. The van der Waals surface area contributed by atoms with Crippen LogP contribution >= 0.6 is 30.4 Å². The molecule has 0 saturated heterocycles. The third-order valence-electron chi connectivity index (χ3n) is 2.05. The van der Waals surface area contributed by atoms with Crippen LogP contribution in [0.1, 0.15) is 27.7 Å². The molecule has 0 aromatic carbocycles. The molecule has 5 nitrogen and oxygen atoms in total. The first kappa shape index (κ1) is 17.8. The van der Waals surface area contributed by atoms with Crippen LogP contribution in [-0.2, 0) is 8.92 Å². The number of nitriles is 1. The molecule has 0 spiro atoms. The molecular weight excluding hydrogens is 367 g/mol. The molecule has 0 aliphatic rings. The van der Waals surface area contributed by atoms with E-state index in [0.29, 0.717) is 6.54 Å². The molecule has 0 rings (SSSR count). The summed E-state index contributed by atoms with van der Waals surface area (Å²) < 4.78 is 10.4. The molecule has 0 aliphatic heterocycles. The van der Waals surface area contributed by atoms with Crippen LogP contribution in [0.2, 0.25) is 0 Å². The number of carbonyl (C=O) groups excluding carboxylic acids is 1. The topological polar surface area (TPSA) is 62.6 Å². The van der Waals surface area contributed by atoms with Gasteiger partial charge in [0.05, 0.1) is 15.3 Å². The molecule has 0 heterocycles. The highest BCUT2D eigenvalue weighted by atomic mass is 127. The van der Waals surface area contributed by atoms with E-state index in [-0.39, 0.29) is 5.92 Å². The second-order valence-electron chi connectivity index (χ2n) is 5.05. The molecule has 0 aromatic heterocycles. The van der Waals surface area contributed by atoms with Gasteiger partial charge in [0.25, 0.3) is 0 Å². The molecule has 0 saturated carbocycles. The van der Waals surface area contributed by atoms with Gasteiger partial charge in [-0.2, -0.15) is 5.26 Å². The fourth-order valence-corrected chi connectivity index (χ4v) is 2.21. The normalized spacial score (nSPS) is 14.5. The first-order chi connectivity index (χ1) is 8.21. The lowest BCUT2D eigenvalue weighted by Gasteiger charge is -2.27. The maximum atomic E-state index is 11.7. The van der Waals surface area contributed by atoms with E-state index in [0.717, 1.165) is 9.21 Å². The lowest BCUT2D eigenvalue weighted by Crippen LogP contribution is -2.38. The Bertz CT molecular complexity index is 314. The Balaban J connectivity index is 4.34. The van der Waals surface area contributed by atoms with Crippen molar-refractivity contribution >= 4 is 36.5 Å². The second kappa shape index (κ2) is 8.07. The zero-order chi connectivity index (χ0) is 14.3. The summed E-state index contributed by atoms with van der Waals surface area (Å²) in [5.74, 6) is -0.0882. The fourth-order valence-electron chi connectivity index (χ4n) is 1.22. The summed E-state index contributed by atoms with van der Waals surface area (Å²) in [4.78, 5) is 13.2. The van der Waals surface area contributed by atoms with E-state index in [1.54, 1.807) is 7.05 Å². The third-order valence-corrected chi connectivity index (χ3v) is 2.95. The van der Waals surface area contributed by atoms with Crippen molar-refractivity contribution in [1.29, 1.82) is 5.26 Å². The van der Waals surface area contributed by atoms with Crippen LogP contribution in [0.25, 0.3) is 0 Å². The predicted molar refractivity (Wildman–Crippen MR) is 80.1 cm³/mol. The van der Waals surface area contributed by atoms with Crippen LogP contribution in [0.4, 0.5) is 4.79 Å². The Morgan fingerprint density at radius 1 is 1.56 bits per heavy atom. The molecule has 18 heavy (non-hydrogen) atoms. The molecule has 0 bridgehead atoms. The monoisotopic (exact) mass is 386 g/mol. The summed E-state index contributed by atoms with van der Waals surface area (Å²) in [6.45, 7) is 7.72. The average Bonchev–Trinajstić information content (AvgIpc) is 2.23. The lowest BCUT2D eigenvalue weighted by atomic mass is 10.1. The molecule has 0 fully saturated rings. The standard InChI is InChI=1S/C11H19IN2O3S/c1-8(9(6-13)17-18-12)7-14(5)10(15)16-11(2,3)4/h8-9H,7H2,1-5H3. The Morgan fingerprint density at radius 3 is 2.50 bits per heavy atom. The molecule has 0 aliphatic carbocycles. The SMILES string of the molecule is CC(CN(C)C(=O)OC(C)(C)C)C(C#N)OSI. The predicted octanol–water partition coefficient (Wildman–Crippen LogP) is 3.40. The largest absolute Gasteiger partial charge is 0.444 e. The number of hydrogen-bond acceptors (Lipinski definition) is 5. The van der Waals surface area contributed by atoms with Gasteiger partial charge in [-0.25, -0.2) is 4.79 Å². The summed E-state index contributed by atoms with van der Waals surface area (Å²) in [6, 6.07) is 2.07. The number of amides is 1. The van der Waals surface area contributed by atoms with Crippen LogP contribution < -0.4 is 0 Å². The maximum Gasteiger partial charge on any atom is 0.410 e. The van der Waals surface area contributed by atoms with Gasteiger partial charge in [0.1, 0.15) is 5.60 Å². The van der Waals surface area contributed by atoms with Gasteiger partial charge >= 0.3 is 6.09 Å². The minimum Gasteiger partial charge on any atom is -0.444 e. The van der Waals surface area contributed by atoms with Gasteiger partial charge in [-0.15, -0.1) is 0 Å². The quantitative estimate of drug-likeness (QED) is 0.536. The Hall–Kier alpha value is -0.200.